The number of nitrogens with one attached hydrogen (secondary N) is 2. The van der Waals surface area contributed by atoms with Crippen molar-refractivity contribution in [2.24, 2.45) is 11.5 Å². The first-order valence-corrected chi connectivity index (χ1v) is 6.62. The van der Waals surface area contributed by atoms with Gasteiger partial charge in [-0.3, -0.25) is 14.4 Å². The lowest BCUT2D eigenvalue weighted by Gasteiger charge is -2.24. The lowest BCUT2D eigenvalue weighted by atomic mass is 10.0. The van der Waals surface area contributed by atoms with Gasteiger partial charge in [-0.25, -0.2) is 0 Å². The van der Waals surface area contributed by atoms with E-state index in [1.54, 1.807) is 0 Å². The van der Waals surface area contributed by atoms with E-state index in [9.17, 15) is 14.4 Å². The van der Waals surface area contributed by atoms with E-state index in [-0.39, 0.29) is 18.4 Å². The van der Waals surface area contributed by atoms with Crippen LogP contribution in [-0.2, 0) is 14.4 Å². The highest BCUT2D eigenvalue weighted by Gasteiger charge is 2.25. The van der Waals surface area contributed by atoms with Crippen LogP contribution in [0, 0.1) is 0 Å². The molecule has 108 valence electrons. The predicted octanol–water partition coefficient (Wildman–Crippen LogP) is -1.25. The van der Waals surface area contributed by atoms with Crippen molar-refractivity contribution in [3.8, 4) is 0 Å². The molecule has 7 heteroatoms. The second-order valence-electron chi connectivity index (χ2n) is 4.82. The van der Waals surface area contributed by atoms with Crippen LogP contribution in [-0.4, -0.2) is 36.3 Å². The fourth-order valence-corrected chi connectivity index (χ4v) is 2.11. The van der Waals surface area contributed by atoms with Crippen molar-refractivity contribution in [2.75, 3.05) is 6.54 Å². The molecule has 19 heavy (non-hydrogen) atoms. The zero-order valence-corrected chi connectivity index (χ0v) is 11.0. The Hall–Kier alpha value is -1.63. The summed E-state index contributed by atoms with van der Waals surface area (Å²) in [5.41, 5.74) is 10.3. The third-order valence-electron chi connectivity index (χ3n) is 3.20. The molecule has 0 aromatic carbocycles. The molecule has 0 saturated carbocycles. The van der Waals surface area contributed by atoms with Gasteiger partial charge in [0.05, 0.1) is 6.04 Å². The van der Waals surface area contributed by atoms with Crippen LogP contribution in [0.1, 0.15) is 38.5 Å². The van der Waals surface area contributed by atoms with Gasteiger partial charge < -0.3 is 22.1 Å². The number of primary amides is 2. The summed E-state index contributed by atoms with van der Waals surface area (Å²) in [6, 6.07) is -0.998. The predicted molar refractivity (Wildman–Crippen MR) is 69.8 cm³/mol. The van der Waals surface area contributed by atoms with Crippen molar-refractivity contribution in [3.63, 3.8) is 0 Å². The lowest BCUT2D eigenvalue weighted by Crippen LogP contribution is -2.52. The standard InChI is InChI=1S/C12H22N4O3/c13-10(17)6-3-5-8(11(14)18)16-12(19)9-4-1-2-7-15-9/h8-9,15H,1-7H2,(H2,13,17)(H2,14,18)(H,16,19)/t8?,9-/m0/s1. The summed E-state index contributed by atoms with van der Waals surface area (Å²) in [7, 11) is 0. The molecule has 3 amide bonds. The maximum absolute atomic E-state index is 11.9. The summed E-state index contributed by atoms with van der Waals surface area (Å²) < 4.78 is 0. The first-order chi connectivity index (χ1) is 9.00. The largest absolute Gasteiger partial charge is 0.370 e. The van der Waals surface area contributed by atoms with Crippen LogP contribution in [0.15, 0.2) is 0 Å². The number of amides is 3. The highest BCUT2D eigenvalue weighted by atomic mass is 16.2. The number of rotatable bonds is 7. The van der Waals surface area contributed by atoms with Gasteiger partial charge >= 0.3 is 0 Å². The normalized spacial score (nSPS) is 20.5. The molecular weight excluding hydrogens is 248 g/mol. The van der Waals surface area contributed by atoms with Crippen molar-refractivity contribution < 1.29 is 14.4 Å². The number of carbonyl (C=O) groups excluding carboxylic acids is 3. The average molecular weight is 270 g/mol. The Morgan fingerprint density at radius 1 is 1.26 bits per heavy atom. The molecule has 1 unspecified atom stereocenters. The Balaban J connectivity index is 2.41. The maximum Gasteiger partial charge on any atom is 0.240 e. The minimum absolute atomic E-state index is 0.182. The Labute approximate surface area is 112 Å². The molecule has 1 saturated heterocycles. The lowest BCUT2D eigenvalue weighted by molar-refractivity contribution is -0.129. The van der Waals surface area contributed by atoms with Crippen molar-refractivity contribution in [2.45, 2.75) is 50.6 Å². The quantitative estimate of drug-likeness (QED) is 0.461. The van der Waals surface area contributed by atoms with E-state index in [0.717, 1.165) is 25.8 Å². The van der Waals surface area contributed by atoms with Gasteiger partial charge in [0.25, 0.3) is 0 Å². The van der Waals surface area contributed by atoms with Gasteiger partial charge in [-0.15, -0.1) is 0 Å². The van der Waals surface area contributed by atoms with Crippen molar-refractivity contribution in [1.82, 2.24) is 10.6 Å². The number of hydrogen-bond acceptors (Lipinski definition) is 4. The Bertz CT molecular complexity index is 340. The number of hydrogen-bond donors (Lipinski definition) is 4. The van der Waals surface area contributed by atoms with E-state index in [0.29, 0.717) is 12.8 Å². The van der Waals surface area contributed by atoms with Crippen LogP contribution in [0.4, 0.5) is 0 Å². The average Bonchev–Trinajstić information content (AvgIpc) is 2.37. The Morgan fingerprint density at radius 2 is 2.00 bits per heavy atom. The molecule has 1 rings (SSSR count). The van der Waals surface area contributed by atoms with Crippen molar-refractivity contribution in [1.29, 1.82) is 0 Å². The second-order valence-corrected chi connectivity index (χ2v) is 4.82. The molecular formula is C12H22N4O3. The summed E-state index contributed by atoms with van der Waals surface area (Å²) in [5.74, 6) is -1.22. The molecule has 0 spiro atoms. The fraction of sp³-hybridized carbons (Fsp3) is 0.750. The summed E-state index contributed by atoms with van der Waals surface area (Å²) in [4.78, 5) is 33.8. The molecule has 1 aliphatic rings. The topological polar surface area (TPSA) is 127 Å². The first kappa shape index (κ1) is 15.4. The third kappa shape index (κ3) is 5.69. The third-order valence-corrected chi connectivity index (χ3v) is 3.20. The Kier molecular flexibility index (Phi) is 6.27. The minimum Gasteiger partial charge on any atom is -0.370 e. The van der Waals surface area contributed by atoms with Crippen LogP contribution in [0.2, 0.25) is 0 Å². The van der Waals surface area contributed by atoms with Gasteiger partial charge in [-0.05, 0) is 32.2 Å². The van der Waals surface area contributed by atoms with Crippen LogP contribution < -0.4 is 22.1 Å². The zero-order chi connectivity index (χ0) is 14.3. The molecule has 0 aliphatic carbocycles. The van der Waals surface area contributed by atoms with Gasteiger partial charge in [0, 0.05) is 6.42 Å². The minimum atomic E-state index is -0.740. The van der Waals surface area contributed by atoms with E-state index in [4.69, 9.17) is 11.5 Å². The van der Waals surface area contributed by atoms with Crippen LogP contribution in [0.25, 0.3) is 0 Å². The van der Waals surface area contributed by atoms with E-state index >= 15 is 0 Å². The molecule has 0 aromatic rings. The van der Waals surface area contributed by atoms with E-state index < -0.39 is 17.9 Å². The van der Waals surface area contributed by atoms with Gasteiger partial charge in [0.15, 0.2) is 0 Å². The number of nitrogens with two attached hydrogens (primary N) is 2. The zero-order valence-electron chi connectivity index (χ0n) is 11.0. The molecule has 0 radical (unpaired) electrons. The summed E-state index contributed by atoms with van der Waals surface area (Å²) in [6.07, 6.45) is 3.76. The van der Waals surface area contributed by atoms with Crippen LogP contribution in [0.5, 0.6) is 0 Å². The van der Waals surface area contributed by atoms with E-state index in [1.165, 1.54) is 0 Å². The second kappa shape index (κ2) is 7.73. The fourth-order valence-electron chi connectivity index (χ4n) is 2.11. The first-order valence-electron chi connectivity index (χ1n) is 6.62. The Morgan fingerprint density at radius 3 is 2.53 bits per heavy atom. The highest BCUT2D eigenvalue weighted by Crippen LogP contribution is 2.08. The monoisotopic (exact) mass is 270 g/mol. The van der Waals surface area contributed by atoms with Crippen LogP contribution in [0.3, 0.4) is 0 Å². The number of piperidine rings is 1. The molecule has 0 bridgehead atoms. The van der Waals surface area contributed by atoms with E-state index in [2.05, 4.69) is 10.6 Å². The molecule has 1 heterocycles. The highest BCUT2D eigenvalue weighted by molar-refractivity contribution is 5.89. The molecule has 2 atom stereocenters. The summed E-state index contributed by atoms with van der Waals surface area (Å²) >= 11 is 0. The molecule has 1 aliphatic heterocycles. The van der Waals surface area contributed by atoms with Gasteiger partial charge in [0.2, 0.25) is 17.7 Å². The molecule has 7 nitrogen and oxygen atoms in total. The van der Waals surface area contributed by atoms with Crippen LogP contribution >= 0.6 is 0 Å². The molecule has 1 fully saturated rings. The van der Waals surface area contributed by atoms with Crippen molar-refractivity contribution in [3.05, 3.63) is 0 Å². The van der Waals surface area contributed by atoms with Gasteiger partial charge in [-0.1, -0.05) is 6.42 Å². The summed E-state index contributed by atoms with van der Waals surface area (Å²) in [5, 5.41) is 5.73. The van der Waals surface area contributed by atoms with Crippen molar-refractivity contribution >= 4 is 17.7 Å². The maximum atomic E-state index is 11.9. The van der Waals surface area contributed by atoms with Gasteiger partial charge in [-0.2, -0.15) is 0 Å². The van der Waals surface area contributed by atoms with E-state index in [1.807, 2.05) is 0 Å². The number of carbonyl (C=O) groups is 3. The smallest absolute Gasteiger partial charge is 0.240 e. The summed E-state index contributed by atoms with van der Waals surface area (Å²) in [6.45, 7) is 0.807. The van der Waals surface area contributed by atoms with Gasteiger partial charge in [0.1, 0.15) is 6.04 Å². The SMILES string of the molecule is NC(=O)CCCC(NC(=O)[C@@H]1CCCCN1)C(N)=O. The molecule has 6 N–H and O–H groups in total. The molecule has 0 aromatic heterocycles.